The van der Waals surface area contributed by atoms with Crippen molar-refractivity contribution in [1.82, 2.24) is 5.32 Å². The lowest BCUT2D eigenvalue weighted by atomic mass is 9.63. The number of rotatable bonds is 5. The summed E-state index contributed by atoms with van der Waals surface area (Å²) in [4.78, 5) is 12.7. The van der Waals surface area contributed by atoms with Crippen LogP contribution in [0, 0.1) is 5.92 Å². The van der Waals surface area contributed by atoms with Gasteiger partial charge in [-0.25, -0.2) is 0 Å². The Hall–Kier alpha value is -1.35. The highest BCUT2D eigenvalue weighted by atomic mass is 16.2. The molecule has 0 bridgehead atoms. The summed E-state index contributed by atoms with van der Waals surface area (Å²) in [7, 11) is 0. The Kier molecular flexibility index (Phi) is 3.31. The molecule has 3 N–H and O–H groups in total. The third-order valence-corrected chi connectivity index (χ3v) is 4.73. The Morgan fingerprint density at radius 2 is 2.00 bits per heavy atom. The molecule has 1 amide bonds. The molecule has 0 aliphatic heterocycles. The number of hydrogen-bond donors (Lipinski definition) is 2. The van der Waals surface area contributed by atoms with Crippen LogP contribution >= 0.6 is 0 Å². The molecular weight excluding hydrogens is 236 g/mol. The van der Waals surface area contributed by atoms with Crippen molar-refractivity contribution < 1.29 is 4.79 Å². The molecule has 3 heteroatoms. The maximum atomic E-state index is 12.7. The number of carbonyl (C=O) groups excluding carboxylic acids is 1. The average molecular weight is 258 g/mol. The number of nitrogens with two attached hydrogens (primary N) is 1. The first-order valence-corrected chi connectivity index (χ1v) is 7.33. The van der Waals surface area contributed by atoms with Gasteiger partial charge in [-0.1, -0.05) is 36.8 Å². The number of hydrogen-bond acceptors (Lipinski definition) is 2. The largest absolute Gasteiger partial charge is 0.351 e. The van der Waals surface area contributed by atoms with Crippen LogP contribution in [-0.2, 0) is 10.2 Å². The van der Waals surface area contributed by atoms with Gasteiger partial charge in [0, 0.05) is 12.6 Å². The highest BCUT2D eigenvalue weighted by molar-refractivity contribution is 5.89. The quantitative estimate of drug-likeness (QED) is 0.848. The molecule has 0 heterocycles. The second-order valence-electron chi connectivity index (χ2n) is 5.95. The first-order valence-electron chi connectivity index (χ1n) is 7.33. The fraction of sp³-hybridized carbons (Fsp3) is 0.562. The lowest BCUT2D eigenvalue weighted by molar-refractivity contribution is -0.130. The highest BCUT2D eigenvalue weighted by Crippen LogP contribution is 2.44. The van der Waals surface area contributed by atoms with E-state index in [1.807, 2.05) is 18.2 Å². The van der Waals surface area contributed by atoms with Crippen LogP contribution in [0.5, 0.6) is 0 Å². The van der Waals surface area contributed by atoms with Crippen LogP contribution in [-0.4, -0.2) is 18.5 Å². The van der Waals surface area contributed by atoms with E-state index in [-0.39, 0.29) is 17.4 Å². The SMILES string of the molecule is NCC(NC(=O)C1(c2ccccc2)CCC1)C1CC1. The van der Waals surface area contributed by atoms with Crippen LogP contribution in [0.1, 0.15) is 37.7 Å². The fourth-order valence-corrected chi connectivity index (χ4v) is 3.11. The average Bonchev–Trinajstić information content (AvgIpc) is 3.20. The van der Waals surface area contributed by atoms with E-state index in [1.165, 1.54) is 12.8 Å². The van der Waals surface area contributed by atoms with E-state index in [4.69, 9.17) is 5.73 Å². The van der Waals surface area contributed by atoms with Crippen molar-refractivity contribution in [3.8, 4) is 0 Å². The van der Waals surface area contributed by atoms with E-state index >= 15 is 0 Å². The Morgan fingerprint density at radius 3 is 2.47 bits per heavy atom. The molecule has 3 nitrogen and oxygen atoms in total. The van der Waals surface area contributed by atoms with Gasteiger partial charge in [-0.15, -0.1) is 0 Å². The maximum Gasteiger partial charge on any atom is 0.230 e. The van der Waals surface area contributed by atoms with Gasteiger partial charge < -0.3 is 11.1 Å². The molecule has 0 aromatic heterocycles. The van der Waals surface area contributed by atoms with Gasteiger partial charge >= 0.3 is 0 Å². The van der Waals surface area contributed by atoms with Crippen molar-refractivity contribution in [3.63, 3.8) is 0 Å². The van der Waals surface area contributed by atoms with Gasteiger partial charge in [-0.3, -0.25) is 4.79 Å². The normalized spacial score (nSPS) is 22.4. The molecule has 1 atom stereocenters. The van der Waals surface area contributed by atoms with Crippen LogP contribution in [0.25, 0.3) is 0 Å². The second kappa shape index (κ2) is 4.97. The van der Waals surface area contributed by atoms with Crippen molar-refractivity contribution in [2.75, 3.05) is 6.54 Å². The van der Waals surface area contributed by atoms with E-state index in [0.29, 0.717) is 12.5 Å². The van der Waals surface area contributed by atoms with Gasteiger partial charge in [0.15, 0.2) is 0 Å². The van der Waals surface area contributed by atoms with Crippen molar-refractivity contribution >= 4 is 5.91 Å². The maximum absolute atomic E-state index is 12.7. The van der Waals surface area contributed by atoms with Crippen LogP contribution in [0.3, 0.4) is 0 Å². The summed E-state index contributed by atoms with van der Waals surface area (Å²) in [5.41, 5.74) is 6.66. The number of benzene rings is 1. The van der Waals surface area contributed by atoms with Crippen LogP contribution < -0.4 is 11.1 Å². The number of amides is 1. The summed E-state index contributed by atoms with van der Waals surface area (Å²) >= 11 is 0. The number of carbonyl (C=O) groups is 1. The van der Waals surface area contributed by atoms with Crippen LogP contribution in [0.15, 0.2) is 30.3 Å². The zero-order valence-corrected chi connectivity index (χ0v) is 11.3. The first kappa shape index (κ1) is 12.7. The monoisotopic (exact) mass is 258 g/mol. The molecule has 2 aliphatic rings. The second-order valence-corrected chi connectivity index (χ2v) is 5.95. The molecule has 102 valence electrons. The fourth-order valence-electron chi connectivity index (χ4n) is 3.11. The van der Waals surface area contributed by atoms with Crippen molar-refractivity contribution in [2.24, 2.45) is 11.7 Å². The van der Waals surface area contributed by atoms with E-state index in [2.05, 4.69) is 17.4 Å². The van der Waals surface area contributed by atoms with Crippen molar-refractivity contribution in [2.45, 2.75) is 43.6 Å². The molecule has 2 fully saturated rings. The lowest BCUT2D eigenvalue weighted by Gasteiger charge is -2.41. The summed E-state index contributed by atoms with van der Waals surface area (Å²) in [5.74, 6) is 0.800. The van der Waals surface area contributed by atoms with E-state index < -0.39 is 0 Å². The minimum absolute atomic E-state index is 0.175. The Morgan fingerprint density at radius 1 is 1.32 bits per heavy atom. The smallest absolute Gasteiger partial charge is 0.230 e. The van der Waals surface area contributed by atoms with Crippen molar-refractivity contribution in [3.05, 3.63) is 35.9 Å². The van der Waals surface area contributed by atoms with Crippen molar-refractivity contribution in [1.29, 1.82) is 0 Å². The van der Waals surface area contributed by atoms with Crippen LogP contribution in [0.4, 0.5) is 0 Å². The van der Waals surface area contributed by atoms with Gasteiger partial charge in [0.25, 0.3) is 0 Å². The highest BCUT2D eigenvalue weighted by Gasteiger charge is 2.46. The summed E-state index contributed by atoms with van der Waals surface area (Å²) in [6, 6.07) is 10.4. The van der Waals surface area contributed by atoms with Gasteiger partial charge in [-0.05, 0) is 37.2 Å². The molecule has 0 saturated heterocycles. The summed E-state index contributed by atoms with van der Waals surface area (Å²) < 4.78 is 0. The molecule has 2 aliphatic carbocycles. The standard InChI is InChI=1S/C16H22N2O/c17-11-14(12-7-8-12)18-15(19)16(9-4-10-16)13-5-2-1-3-6-13/h1-3,5-6,12,14H,4,7-11,17H2,(H,18,19). The van der Waals surface area contributed by atoms with E-state index in [1.54, 1.807) is 0 Å². The molecule has 2 saturated carbocycles. The van der Waals surface area contributed by atoms with Gasteiger partial charge in [-0.2, -0.15) is 0 Å². The van der Waals surface area contributed by atoms with Gasteiger partial charge in [0.1, 0.15) is 0 Å². The predicted octanol–water partition coefficient (Wildman–Crippen LogP) is 1.96. The summed E-state index contributed by atoms with van der Waals surface area (Å²) in [5, 5.41) is 3.21. The third kappa shape index (κ3) is 2.27. The molecular formula is C16H22N2O. The molecule has 1 aromatic carbocycles. The van der Waals surface area contributed by atoms with Gasteiger partial charge in [0.2, 0.25) is 5.91 Å². The Labute approximate surface area is 114 Å². The molecule has 19 heavy (non-hydrogen) atoms. The summed E-state index contributed by atoms with van der Waals surface area (Å²) in [6.45, 7) is 0.557. The lowest BCUT2D eigenvalue weighted by Crippen LogP contribution is -2.54. The Bertz CT molecular complexity index is 449. The predicted molar refractivity (Wildman–Crippen MR) is 75.7 cm³/mol. The summed E-state index contributed by atoms with van der Waals surface area (Å²) in [6.07, 6.45) is 5.48. The van der Waals surface area contributed by atoms with E-state index in [9.17, 15) is 4.79 Å². The zero-order valence-electron chi connectivity index (χ0n) is 11.3. The molecule has 0 radical (unpaired) electrons. The minimum Gasteiger partial charge on any atom is -0.351 e. The molecule has 3 rings (SSSR count). The number of nitrogens with one attached hydrogen (secondary N) is 1. The Balaban J connectivity index is 1.76. The topological polar surface area (TPSA) is 55.1 Å². The molecule has 0 spiro atoms. The van der Waals surface area contributed by atoms with E-state index in [0.717, 1.165) is 24.8 Å². The van der Waals surface area contributed by atoms with Gasteiger partial charge in [0.05, 0.1) is 5.41 Å². The molecule has 1 aromatic rings. The minimum atomic E-state index is -0.288. The third-order valence-electron chi connectivity index (χ3n) is 4.73. The van der Waals surface area contributed by atoms with Crippen LogP contribution in [0.2, 0.25) is 0 Å². The zero-order chi connectivity index (χ0) is 13.3. The molecule has 1 unspecified atom stereocenters. The first-order chi connectivity index (χ1) is 9.26.